The smallest absolute Gasteiger partial charge is 0.332 e. The molecule has 1 aliphatic heterocycles. The molecule has 1 aliphatic rings. The normalized spacial score (nSPS) is 20.0. The molecular weight excluding hydrogens is 364 g/mol. The highest BCUT2D eigenvalue weighted by Crippen LogP contribution is 2.28. The van der Waals surface area contributed by atoms with Gasteiger partial charge in [-0.25, -0.2) is 17.2 Å². The fourth-order valence-corrected chi connectivity index (χ4v) is 3.98. The number of hydrogen-bond donors (Lipinski definition) is 1. The second-order valence-electron chi connectivity index (χ2n) is 5.29. The molecular formula is C16H16N2O5S2. The van der Waals surface area contributed by atoms with Crippen LogP contribution >= 0.6 is 12.2 Å². The number of carbonyl (C=O) groups excluding carboxylic acids is 1. The van der Waals surface area contributed by atoms with E-state index in [0.29, 0.717) is 5.56 Å². The Morgan fingerprint density at radius 2 is 2.04 bits per heavy atom. The molecule has 1 aromatic heterocycles. The molecule has 1 fully saturated rings. The molecule has 2 heterocycles. The number of thiocarbonyl (C=S) groups is 1. The topological polar surface area (TPSA) is 86.6 Å². The van der Waals surface area contributed by atoms with Crippen LogP contribution in [-0.4, -0.2) is 36.2 Å². The number of esters is 1. The summed E-state index contributed by atoms with van der Waals surface area (Å²) >= 11 is 4.97. The van der Waals surface area contributed by atoms with E-state index in [4.69, 9.17) is 21.7 Å². The summed E-state index contributed by atoms with van der Waals surface area (Å²) in [5.74, 6) is -0.508. The molecule has 0 aliphatic carbocycles. The van der Waals surface area contributed by atoms with Crippen molar-refractivity contribution in [2.75, 3.05) is 6.61 Å². The zero-order chi connectivity index (χ0) is 18.0. The average molecular weight is 380 g/mol. The number of ether oxygens (including phenoxy) is 2. The van der Waals surface area contributed by atoms with E-state index in [1.54, 1.807) is 31.2 Å². The Bertz CT molecular complexity index is 892. The highest BCUT2D eigenvalue weighted by Gasteiger charge is 2.40. The van der Waals surface area contributed by atoms with Crippen molar-refractivity contribution in [1.29, 1.82) is 0 Å². The number of rotatable bonds is 5. The molecule has 0 amide bonds. The standard InChI is InChI=1S/C16H16N2O5S2/c1-2-22-15(19)13-14(23-16(24)17-13)11-8-9-18(10-11)25(20,21)12-6-4-3-5-7-12/h3-10,13-14H,2H2,1H3,(H,17,24)/t13-,14-/m1/s1. The highest BCUT2D eigenvalue weighted by atomic mass is 32.2. The molecule has 2 atom stereocenters. The third-order valence-electron chi connectivity index (χ3n) is 3.69. The number of nitrogens with one attached hydrogen (secondary N) is 1. The van der Waals surface area contributed by atoms with Gasteiger partial charge in [-0.15, -0.1) is 0 Å². The Labute approximate surface area is 150 Å². The molecule has 132 valence electrons. The minimum absolute atomic E-state index is 0.0710. The molecule has 0 bridgehead atoms. The maximum absolute atomic E-state index is 12.6. The molecule has 0 spiro atoms. The lowest BCUT2D eigenvalue weighted by molar-refractivity contribution is -0.146. The van der Waals surface area contributed by atoms with Crippen LogP contribution in [0.15, 0.2) is 53.7 Å². The van der Waals surface area contributed by atoms with E-state index in [0.717, 1.165) is 3.97 Å². The van der Waals surface area contributed by atoms with E-state index in [2.05, 4.69) is 5.32 Å². The number of benzene rings is 1. The SMILES string of the molecule is CCOC(=O)[C@@H]1NC(=S)O[C@@H]1c1ccn(S(=O)(=O)c2ccccc2)c1. The molecule has 1 N–H and O–H groups in total. The lowest BCUT2D eigenvalue weighted by Gasteiger charge is -2.14. The van der Waals surface area contributed by atoms with Gasteiger partial charge in [0, 0.05) is 18.0 Å². The van der Waals surface area contributed by atoms with Gasteiger partial charge in [-0.05, 0) is 37.3 Å². The molecule has 2 aromatic rings. The second kappa shape index (κ2) is 6.85. The highest BCUT2D eigenvalue weighted by molar-refractivity contribution is 7.90. The van der Waals surface area contributed by atoms with Gasteiger partial charge in [0.05, 0.1) is 11.5 Å². The first-order valence-corrected chi connectivity index (χ1v) is 9.40. The first-order valence-electron chi connectivity index (χ1n) is 7.56. The first-order chi connectivity index (χ1) is 11.9. The summed E-state index contributed by atoms with van der Waals surface area (Å²) in [6.45, 7) is 1.92. The van der Waals surface area contributed by atoms with Gasteiger partial charge in [-0.2, -0.15) is 0 Å². The Morgan fingerprint density at radius 1 is 1.32 bits per heavy atom. The van der Waals surface area contributed by atoms with Gasteiger partial charge in [0.25, 0.3) is 15.2 Å². The quantitative estimate of drug-likeness (QED) is 0.623. The molecule has 1 aromatic carbocycles. The van der Waals surface area contributed by atoms with Crippen molar-refractivity contribution >= 4 is 33.4 Å². The molecule has 3 rings (SSSR count). The van der Waals surface area contributed by atoms with Crippen LogP contribution in [0.25, 0.3) is 0 Å². The van der Waals surface area contributed by atoms with Crippen molar-refractivity contribution in [2.24, 2.45) is 0 Å². The predicted molar refractivity (Wildman–Crippen MR) is 93.4 cm³/mol. The van der Waals surface area contributed by atoms with Gasteiger partial charge in [-0.3, -0.25) is 0 Å². The molecule has 9 heteroatoms. The van der Waals surface area contributed by atoms with Gasteiger partial charge in [0.1, 0.15) is 0 Å². The van der Waals surface area contributed by atoms with E-state index in [9.17, 15) is 13.2 Å². The Hall–Kier alpha value is -2.39. The third kappa shape index (κ3) is 3.38. The number of aromatic nitrogens is 1. The molecule has 0 radical (unpaired) electrons. The summed E-state index contributed by atoms with van der Waals surface area (Å²) in [4.78, 5) is 12.2. The maximum Gasteiger partial charge on any atom is 0.332 e. The molecule has 0 saturated carbocycles. The summed E-state index contributed by atoms with van der Waals surface area (Å²) in [6, 6.07) is 8.82. The minimum Gasteiger partial charge on any atom is -0.464 e. The summed E-state index contributed by atoms with van der Waals surface area (Å²) in [5.41, 5.74) is 0.505. The summed E-state index contributed by atoms with van der Waals surface area (Å²) in [6.07, 6.45) is 2.07. The van der Waals surface area contributed by atoms with E-state index in [1.165, 1.54) is 24.5 Å². The fraction of sp³-hybridized carbons (Fsp3) is 0.250. The van der Waals surface area contributed by atoms with Crippen LogP contribution < -0.4 is 5.32 Å². The zero-order valence-corrected chi connectivity index (χ0v) is 14.9. The van der Waals surface area contributed by atoms with E-state index < -0.39 is 28.1 Å². The first kappa shape index (κ1) is 17.4. The summed E-state index contributed by atoms with van der Waals surface area (Å²) in [7, 11) is -3.72. The van der Waals surface area contributed by atoms with Crippen LogP contribution in [0, 0.1) is 0 Å². The molecule has 1 saturated heterocycles. The van der Waals surface area contributed by atoms with E-state index in [-0.39, 0.29) is 16.7 Å². The molecule has 7 nitrogen and oxygen atoms in total. The number of carbonyl (C=O) groups is 1. The minimum atomic E-state index is -3.72. The van der Waals surface area contributed by atoms with Crippen molar-refractivity contribution in [3.05, 3.63) is 54.4 Å². The zero-order valence-electron chi connectivity index (χ0n) is 13.3. The van der Waals surface area contributed by atoms with Crippen molar-refractivity contribution < 1.29 is 22.7 Å². The van der Waals surface area contributed by atoms with Crippen molar-refractivity contribution in [3.8, 4) is 0 Å². The monoisotopic (exact) mass is 380 g/mol. The van der Waals surface area contributed by atoms with Crippen LogP contribution in [0.2, 0.25) is 0 Å². The number of nitrogens with zero attached hydrogens (tertiary/aromatic N) is 1. The van der Waals surface area contributed by atoms with Crippen LogP contribution in [0.3, 0.4) is 0 Å². The lowest BCUT2D eigenvalue weighted by Crippen LogP contribution is -2.37. The van der Waals surface area contributed by atoms with Crippen LogP contribution in [0.1, 0.15) is 18.6 Å². The Kier molecular flexibility index (Phi) is 4.78. The van der Waals surface area contributed by atoms with Crippen molar-refractivity contribution in [2.45, 2.75) is 24.0 Å². The van der Waals surface area contributed by atoms with Crippen LogP contribution in [-0.2, 0) is 24.3 Å². The van der Waals surface area contributed by atoms with Gasteiger partial charge < -0.3 is 14.8 Å². The van der Waals surface area contributed by atoms with Crippen LogP contribution in [0.5, 0.6) is 0 Å². The van der Waals surface area contributed by atoms with Gasteiger partial charge in [-0.1, -0.05) is 18.2 Å². The largest absolute Gasteiger partial charge is 0.464 e. The average Bonchev–Trinajstić information content (AvgIpc) is 3.23. The number of hydrogen-bond acceptors (Lipinski definition) is 6. The Balaban J connectivity index is 1.90. The third-order valence-corrected chi connectivity index (χ3v) is 5.55. The second-order valence-corrected chi connectivity index (χ2v) is 7.51. The van der Waals surface area contributed by atoms with Crippen molar-refractivity contribution in [3.63, 3.8) is 0 Å². The van der Waals surface area contributed by atoms with E-state index in [1.807, 2.05) is 0 Å². The maximum atomic E-state index is 12.6. The van der Waals surface area contributed by atoms with Gasteiger partial charge >= 0.3 is 5.97 Å². The summed E-state index contributed by atoms with van der Waals surface area (Å²) in [5, 5.41) is 2.81. The van der Waals surface area contributed by atoms with Crippen LogP contribution in [0.4, 0.5) is 0 Å². The van der Waals surface area contributed by atoms with Gasteiger partial charge in [0.2, 0.25) is 0 Å². The lowest BCUT2D eigenvalue weighted by atomic mass is 10.1. The predicted octanol–water partition coefficient (Wildman–Crippen LogP) is 1.60. The van der Waals surface area contributed by atoms with Gasteiger partial charge in [0.15, 0.2) is 12.1 Å². The molecule has 25 heavy (non-hydrogen) atoms. The Morgan fingerprint density at radius 3 is 2.72 bits per heavy atom. The summed E-state index contributed by atoms with van der Waals surface area (Å²) < 4.78 is 36.8. The fourth-order valence-electron chi connectivity index (χ4n) is 2.52. The van der Waals surface area contributed by atoms with Crippen molar-refractivity contribution in [1.82, 2.24) is 9.29 Å². The molecule has 0 unspecified atom stereocenters. The van der Waals surface area contributed by atoms with E-state index >= 15 is 0 Å².